The van der Waals surface area contributed by atoms with Gasteiger partial charge >= 0.3 is 0 Å². The smallest absolute Gasteiger partial charge is 0.257 e. The van der Waals surface area contributed by atoms with Gasteiger partial charge in [-0.1, -0.05) is 12.1 Å². The standard InChI is InChI=1S/C26H30N4O3S/c1-19(20-6-9-23(33-3)10-7-20)34(32)25-17-22(30-15-13-29(2)14-16-30)8-11-24(25)28-26(31)21-5-4-12-27-18-21/h4-12,17-19H,13-16H2,1-3H3,(H,28,31). The molecule has 0 spiro atoms. The van der Waals surface area contributed by atoms with Crippen molar-refractivity contribution < 1.29 is 13.7 Å². The molecule has 1 fully saturated rings. The molecule has 1 saturated heterocycles. The number of benzene rings is 2. The van der Waals surface area contributed by atoms with E-state index in [1.54, 1.807) is 25.4 Å². The lowest BCUT2D eigenvalue weighted by Gasteiger charge is -2.34. The van der Waals surface area contributed by atoms with Crippen LogP contribution < -0.4 is 15.0 Å². The Hall–Kier alpha value is -3.23. The van der Waals surface area contributed by atoms with Crippen molar-refractivity contribution in [2.45, 2.75) is 17.1 Å². The van der Waals surface area contributed by atoms with Gasteiger partial charge in [0.2, 0.25) is 0 Å². The van der Waals surface area contributed by atoms with Crippen LogP contribution in [0.2, 0.25) is 0 Å². The van der Waals surface area contributed by atoms with Gasteiger partial charge in [0.25, 0.3) is 5.91 Å². The van der Waals surface area contributed by atoms with Gasteiger partial charge in [-0.15, -0.1) is 0 Å². The van der Waals surface area contributed by atoms with Crippen molar-refractivity contribution in [1.29, 1.82) is 0 Å². The summed E-state index contributed by atoms with van der Waals surface area (Å²) in [4.78, 5) is 22.1. The average molecular weight is 479 g/mol. The highest BCUT2D eigenvalue weighted by atomic mass is 32.2. The molecule has 34 heavy (non-hydrogen) atoms. The summed E-state index contributed by atoms with van der Waals surface area (Å²) in [6.07, 6.45) is 3.14. The van der Waals surface area contributed by atoms with Gasteiger partial charge < -0.3 is 19.9 Å². The molecule has 0 radical (unpaired) electrons. The van der Waals surface area contributed by atoms with E-state index in [0.29, 0.717) is 16.1 Å². The molecular formula is C26H30N4O3S. The Balaban J connectivity index is 1.66. The van der Waals surface area contributed by atoms with Crippen molar-refractivity contribution in [2.75, 3.05) is 50.6 Å². The number of methoxy groups -OCH3 is 1. The first-order valence-corrected chi connectivity index (χ1v) is 12.5. The van der Waals surface area contributed by atoms with Crippen molar-refractivity contribution in [3.63, 3.8) is 0 Å². The van der Waals surface area contributed by atoms with Crippen molar-refractivity contribution >= 4 is 28.1 Å². The van der Waals surface area contributed by atoms with Crippen LogP contribution in [0.1, 0.15) is 28.1 Å². The number of piperazine rings is 1. The summed E-state index contributed by atoms with van der Waals surface area (Å²) in [5.41, 5.74) is 2.95. The zero-order chi connectivity index (χ0) is 24.1. The second-order valence-electron chi connectivity index (χ2n) is 8.38. The Morgan fingerprint density at radius 2 is 1.82 bits per heavy atom. The predicted octanol–water partition coefficient (Wildman–Crippen LogP) is 3.96. The van der Waals surface area contributed by atoms with Crippen LogP contribution in [-0.4, -0.2) is 60.3 Å². The predicted molar refractivity (Wildman–Crippen MR) is 136 cm³/mol. The number of nitrogens with one attached hydrogen (secondary N) is 1. The van der Waals surface area contributed by atoms with Crippen LogP contribution in [-0.2, 0) is 10.8 Å². The highest BCUT2D eigenvalue weighted by Crippen LogP contribution is 2.33. The van der Waals surface area contributed by atoms with E-state index in [0.717, 1.165) is 43.2 Å². The molecule has 1 N–H and O–H groups in total. The van der Waals surface area contributed by atoms with Gasteiger partial charge in [0, 0.05) is 44.3 Å². The number of nitrogens with zero attached hydrogens (tertiary/aromatic N) is 3. The fourth-order valence-electron chi connectivity index (χ4n) is 3.92. The van der Waals surface area contributed by atoms with E-state index in [1.807, 2.05) is 49.4 Å². The van der Waals surface area contributed by atoms with Crippen molar-refractivity contribution in [3.05, 3.63) is 78.1 Å². The molecule has 2 unspecified atom stereocenters. The molecule has 2 atom stereocenters. The van der Waals surface area contributed by atoms with Crippen LogP contribution in [0.25, 0.3) is 0 Å². The van der Waals surface area contributed by atoms with Crippen LogP contribution in [0.5, 0.6) is 5.75 Å². The third-order valence-corrected chi connectivity index (χ3v) is 7.81. The van der Waals surface area contributed by atoms with E-state index >= 15 is 0 Å². The van der Waals surface area contributed by atoms with Gasteiger partial charge in [0.1, 0.15) is 5.75 Å². The average Bonchev–Trinajstić information content (AvgIpc) is 2.89. The molecule has 7 nitrogen and oxygen atoms in total. The summed E-state index contributed by atoms with van der Waals surface area (Å²) >= 11 is 0. The molecule has 178 valence electrons. The Kier molecular flexibility index (Phi) is 7.59. The number of anilines is 2. The normalized spacial score (nSPS) is 16.0. The van der Waals surface area contributed by atoms with Crippen LogP contribution >= 0.6 is 0 Å². The van der Waals surface area contributed by atoms with Gasteiger partial charge in [-0.3, -0.25) is 14.0 Å². The maximum absolute atomic E-state index is 13.8. The molecule has 2 aromatic carbocycles. The SMILES string of the molecule is COc1ccc(C(C)S(=O)c2cc(N3CCN(C)CC3)ccc2NC(=O)c2cccnc2)cc1. The van der Waals surface area contributed by atoms with E-state index in [9.17, 15) is 9.00 Å². The summed E-state index contributed by atoms with van der Waals surface area (Å²) < 4.78 is 19.1. The molecule has 0 saturated carbocycles. The summed E-state index contributed by atoms with van der Waals surface area (Å²) in [6.45, 7) is 5.68. The third-order valence-electron chi connectivity index (χ3n) is 6.13. The number of carbonyl (C=O) groups is 1. The molecule has 4 rings (SSSR count). The van der Waals surface area contributed by atoms with Crippen molar-refractivity contribution in [3.8, 4) is 5.75 Å². The molecule has 1 amide bonds. The van der Waals surface area contributed by atoms with Gasteiger partial charge in [-0.2, -0.15) is 0 Å². The monoisotopic (exact) mass is 478 g/mol. The number of aromatic nitrogens is 1. The lowest BCUT2D eigenvalue weighted by Crippen LogP contribution is -2.44. The molecule has 8 heteroatoms. The fraction of sp³-hybridized carbons (Fsp3) is 0.308. The maximum atomic E-state index is 13.8. The van der Waals surface area contributed by atoms with E-state index in [-0.39, 0.29) is 11.2 Å². The zero-order valence-corrected chi connectivity index (χ0v) is 20.5. The molecule has 1 aliphatic heterocycles. The van der Waals surface area contributed by atoms with Gasteiger partial charge in [0.15, 0.2) is 0 Å². The van der Waals surface area contributed by atoms with E-state index in [1.165, 1.54) is 6.20 Å². The fourth-order valence-corrected chi connectivity index (χ4v) is 5.28. The molecule has 2 heterocycles. The quantitative estimate of drug-likeness (QED) is 0.554. The number of hydrogen-bond donors (Lipinski definition) is 1. The second-order valence-corrected chi connectivity index (χ2v) is 10.1. The van der Waals surface area contributed by atoms with Crippen molar-refractivity contribution in [2.24, 2.45) is 0 Å². The Labute approximate surface area is 203 Å². The first-order chi connectivity index (χ1) is 16.5. The summed E-state index contributed by atoms with van der Waals surface area (Å²) in [6, 6.07) is 16.8. The largest absolute Gasteiger partial charge is 0.497 e. The number of ether oxygens (including phenoxy) is 1. The summed E-state index contributed by atoms with van der Waals surface area (Å²) in [5.74, 6) is 0.471. The summed E-state index contributed by atoms with van der Waals surface area (Å²) in [7, 11) is 2.34. The lowest BCUT2D eigenvalue weighted by molar-refractivity contribution is 0.102. The topological polar surface area (TPSA) is 74.8 Å². The van der Waals surface area contributed by atoms with Gasteiger partial charge in [0.05, 0.1) is 39.3 Å². The van der Waals surface area contributed by atoms with Crippen LogP contribution in [0.15, 0.2) is 71.9 Å². The highest BCUT2D eigenvalue weighted by Gasteiger charge is 2.23. The molecule has 3 aromatic rings. The first kappa shape index (κ1) is 23.9. The van der Waals surface area contributed by atoms with E-state index in [2.05, 4.69) is 27.1 Å². The second kappa shape index (κ2) is 10.8. The van der Waals surface area contributed by atoms with E-state index < -0.39 is 10.8 Å². The summed E-state index contributed by atoms with van der Waals surface area (Å²) in [5, 5.41) is 2.68. The van der Waals surface area contributed by atoms with E-state index in [4.69, 9.17) is 4.74 Å². The highest BCUT2D eigenvalue weighted by molar-refractivity contribution is 7.85. The van der Waals surface area contributed by atoms with Crippen LogP contribution in [0.3, 0.4) is 0 Å². The molecule has 0 aliphatic carbocycles. The van der Waals surface area contributed by atoms with Crippen LogP contribution in [0, 0.1) is 0 Å². The molecule has 1 aliphatic rings. The minimum atomic E-state index is -1.40. The number of pyridine rings is 1. The minimum Gasteiger partial charge on any atom is -0.497 e. The van der Waals surface area contributed by atoms with Gasteiger partial charge in [-0.05, 0) is 62.0 Å². The molecule has 1 aromatic heterocycles. The Bertz CT molecular complexity index is 1150. The maximum Gasteiger partial charge on any atom is 0.257 e. The number of amides is 1. The number of likely N-dealkylation sites (N-methyl/N-ethyl adjacent to an activating group) is 1. The molecular weight excluding hydrogens is 448 g/mol. The lowest BCUT2D eigenvalue weighted by atomic mass is 10.1. The molecule has 0 bridgehead atoms. The Morgan fingerprint density at radius 1 is 1.09 bits per heavy atom. The first-order valence-electron chi connectivity index (χ1n) is 11.3. The Morgan fingerprint density at radius 3 is 2.47 bits per heavy atom. The number of carbonyl (C=O) groups excluding carboxylic acids is 1. The van der Waals surface area contributed by atoms with Crippen LogP contribution in [0.4, 0.5) is 11.4 Å². The minimum absolute atomic E-state index is 0.275. The number of hydrogen-bond acceptors (Lipinski definition) is 6. The zero-order valence-electron chi connectivity index (χ0n) is 19.7. The third kappa shape index (κ3) is 5.46. The number of rotatable bonds is 7. The van der Waals surface area contributed by atoms with Crippen molar-refractivity contribution in [1.82, 2.24) is 9.88 Å². The van der Waals surface area contributed by atoms with Gasteiger partial charge in [-0.25, -0.2) is 0 Å².